The number of halogens is 10. The van der Waals surface area contributed by atoms with Gasteiger partial charge >= 0.3 is 30.7 Å². The molecule has 0 spiro atoms. The second-order valence-corrected chi connectivity index (χ2v) is 7.43. The van der Waals surface area contributed by atoms with Crippen molar-refractivity contribution in [3.8, 4) is 5.75 Å². The number of hydrogen-bond donors (Lipinski definition) is 1. The third-order valence-corrected chi connectivity index (χ3v) is 4.97. The predicted molar refractivity (Wildman–Crippen MR) is 103 cm³/mol. The highest BCUT2D eigenvalue weighted by Gasteiger charge is 2.49. The van der Waals surface area contributed by atoms with E-state index in [9.17, 15) is 53.5 Å². The van der Waals surface area contributed by atoms with Crippen LogP contribution in [0, 0.1) is 5.82 Å². The van der Waals surface area contributed by atoms with Crippen LogP contribution < -0.4 is 19.9 Å². The topological polar surface area (TPSA) is 61.9 Å². The molecule has 1 heterocycles. The Labute approximate surface area is 195 Å². The largest absolute Gasteiger partial charge is 0.420 e. The van der Waals surface area contributed by atoms with Crippen LogP contribution in [0.25, 0.3) is 0 Å². The number of benzene rings is 2. The minimum absolute atomic E-state index is 0.0336. The van der Waals surface area contributed by atoms with Gasteiger partial charge in [0.05, 0.1) is 17.8 Å². The quantitative estimate of drug-likeness (QED) is 0.496. The Balaban J connectivity index is 2.15. The van der Waals surface area contributed by atoms with Crippen molar-refractivity contribution in [2.75, 3.05) is 23.4 Å². The molecule has 16 heteroatoms. The maximum atomic E-state index is 13.8. The van der Waals surface area contributed by atoms with E-state index in [1.807, 2.05) is 0 Å². The summed E-state index contributed by atoms with van der Waals surface area (Å²) in [7, 11) is 0.967. The highest BCUT2D eigenvalue weighted by Crippen LogP contribution is 2.47. The summed E-state index contributed by atoms with van der Waals surface area (Å²) >= 11 is 0. The van der Waals surface area contributed by atoms with Crippen molar-refractivity contribution in [1.82, 2.24) is 5.32 Å². The van der Waals surface area contributed by atoms with Gasteiger partial charge in [-0.3, -0.25) is 9.80 Å². The van der Waals surface area contributed by atoms with Crippen molar-refractivity contribution >= 4 is 23.5 Å². The summed E-state index contributed by atoms with van der Waals surface area (Å²) < 4.78 is 138. The van der Waals surface area contributed by atoms with Gasteiger partial charge in [-0.15, -0.1) is 0 Å². The molecule has 0 bridgehead atoms. The number of anilines is 2. The van der Waals surface area contributed by atoms with Gasteiger partial charge in [-0.2, -0.15) is 39.5 Å². The summed E-state index contributed by atoms with van der Waals surface area (Å²) in [5.74, 6) is -2.36. The summed E-state index contributed by atoms with van der Waals surface area (Å²) in [5.41, 5.74) is -5.61. The van der Waals surface area contributed by atoms with Gasteiger partial charge in [0.25, 0.3) is 0 Å². The van der Waals surface area contributed by atoms with Crippen LogP contribution in [-0.2, 0) is 12.4 Å². The molecule has 1 atom stereocenters. The molecule has 1 N–H and O–H groups in total. The monoisotopic (exact) mass is 533 g/mol. The molecule has 1 saturated heterocycles. The van der Waals surface area contributed by atoms with E-state index in [0.717, 1.165) is 31.3 Å². The fourth-order valence-electron chi connectivity index (χ4n) is 3.15. The van der Waals surface area contributed by atoms with Crippen molar-refractivity contribution in [2.45, 2.75) is 24.6 Å². The Morgan fingerprint density at radius 3 is 2.06 bits per heavy atom. The Hall–Kier alpha value is -3.72. The van der Waals surface area contributed by atoms with Crippen LogP contribution in [0.15, 0.2) is 36.4 Å². The van der Waals surface area contributed by atoms with Crippen LogP contribution in [-0.4, -0.2) is 37.9 Å². The zero-order valence-electron chi connectivity index (χ0n) is 17.6. The van der Waals surface area contributed by atoms with Gasteiger partial charge < -0.3 is 10.1 Å². The Kier molecular flexibility index (Phi) is 6.76. The average molecular weight is 533 g/mol. The lowest BCUT2D eigenvalue weighted by atomic mass is 10.1. The van der Waals surface area contributed by atoms with E-state index < -0.39 is 77.7 Å². The Morgan fingerprint density at radius 1 is 1.00 bits per heavy atom. The van der Waals surface area contributed by atoms with Gasteiger partial charge in [0.2, 0.25) is 0 Å². The van der Waals surface area contributed by atoms with Crippen molar-refractivity contribution < 1.29 is 58.2 Å². The smallest absolute Gasteiger partial charge is 0.407 e. The second-order valence-electron chi connectivity index (χ2n) is 7.43. The van der Waals surface area contributed by atoms with E-state index in [4.69, 9.17) is 4.74 Å². The number of carbonyl (C=O) groups is 2. The maximum absolute atomic E-state index is 13.8. The van der Waals surface area contributed by atoms with Crippen LogP contribution in [0.3, 0.4) is 0 Å². The summed E-state index contributed by atoms with van der Waals surface area (Å²) in [6.45, 7) is -1.40. The number of carbonyl (C=O) groups excluding carboxylic acids is 2. The van der Waals surface area contributed by atoms with Crippen LogP contribution in [0.5, 0.6) is 5.75 Å². The molecule has 1 fully saturated rings. The number of alkyl halides is 9. The van der Waals surface area contributed by atoms with E-state index in [1.54, 1.807) is 0 Å². The molecule has 2 aromatic carbocycles. The van der Waals surface area contributed by atoms with E-state index >= 15 is 0 Å². The molecule has 3 amide bonds. The summed E-state index contributed by atoms with van der Waals surface area (Å²) in [6, 6.07) is -0.917. The van der Waals surface area contributed by atoms with E-state index in [0.29, 0.717) is 4.90 Å². The van der Waals surface area contributed by atoms with Gasteiger partial charge in [-0.1, -0.05) is 0 Å². The van der Waals surface area contributed by atoms with Gasteiger partial charge in [-0.05, 0) is 36.4 Å². The van der Waals surface area contributed by atoms with Crippen LogP contribution in [0.4, 0.5) is 64.9 Å². The summed E-state index contributed by atoms with van der Waals surface area (Å²) in [5, 5.41) is 1.41. The lowest BCUT2D eigenvalue weighted by molar-refractivity contribution is -0.148. The molecule has 36 heavy (non-hydrogen) atoms. The van der Waals surface area contributed by atoms with Crippen molar-refractivity contribution in [1.29, 1.82) is 0 Å². The third kappa shape index (κ3) is 5.57. The normalized spacial score (nSPS) is 16.7. The molecule has 6 nitrogen and oxygen atoms in total. The molecular weight excluding hydrogens is 520 g/mol. The highest BCUT2D eigenvalue weighted by molar-refractivity contribution is 5.98. The van der Waals surface area contributed by atoms with E-state index in [-0.39, 0.29) is 16.7 Å². The minimum atomic E-state index is -5.60. The SMILES string of the molecule is CN(C(=O)Oc1c(N2CC(C(F)(F)F)NC2=O)cc(C(F)(F)F)cc1C(F)(F)F)c1ccc(F)cc1. The lowest BCUT2D eigenvalue weighted by Gasteiger charge is -2.25. The molecule has 2 aromatic rings. The minimum Gasteiger partial charge on any atom is -0.407 e. The molecule has 0 aromatic heterocycles. The molecule has 1 aliphatic heterocycles. The number of amides is 3. The first-order chi connectivity index (χ1) is 16.4. The molecule has 1 unspecified atom stereocenters. The molecule has 0 saturated carbocycles. The molecular formula is C20H13F10N3O3. The van der Waals surface area contributed by atoms with E-state index in [2.05, 4.69) is 0 Å². The van der Waals surface area contributed by atoms with Gasteiger partial charge in [0, 0.05) is 12.7 Å². The first-order valence-electron chi connectivity index (χ1n) is 9.58. The average Bonchev–Trinajstić information content (AvgIpc) is 3.14. The zero-order chi connectivity index (χ0) is 27.2. The number of ether oxygens (including phenoxy) is 1. The molecule has 0 aliphatic carbocycles. The van der Waals surface area contributed by atoms with Gasteiger partial charge in [0.1, 0.15) is 17.4 Å². The lowest BCUT2D eigenvalue weighted by Crippen LogP contribution is -2.40. The molecule has 1 aliphatic rings. The number of hydrogen-bond acceptors (Lipinski definition) is 3. The molecule has 0 radical (unpaired) electrons. The summed E-state index contributed by atoms with van der Waals surface area (Å²) in [6.07, 6.45) is -17.7. The van der Waals surface area contributed by atoms with Crippen molar-refractivity contribution in [2.24, 2.45) is 0 Å². The first kappa shape index (κ1) is 26.9. The van der Waals surface area contributed by atoms with Crippen LogP contribution in [0.2, 0.25) is 0 Å². The number of urea groups is 1. The summed E-state index contributed by atoms with van der Waals surface area (Å²) in [4.78, 5) is 25.2. The Morgan fingerprint density at radius 2 is 1.58 bits per heavy atom. The van der Waals surface area contributed by atoms with Crippen molar-refractivity contribution in [3.05, 3.63) is 53.3 Å². The number of nitrogens with zero attached hydrogens (tertiary/aromatic N) is 2. The van der Waals surface area contributed by atoms with Crippen molar-refractivity contribution in [3.63, 3.8) is 0 Å². The molecule has 196 valence electrons. The standard InChI is InChI=1S/C20H13F10N3O3/c1-32(11-4-2-10(21)3-5-11)17(35)36-15-12(19(25,26)27)6-9(18(22,23)24)7-13(15)33-8-14(20(28,29)30)31-16(33)34/h2-7,14H,8H2,1H3,(H,31,34). The van der Waals surface area contributed by atoms with Gasteiger partial charge in [0.15, 0.2) is 5.75 Å². The number of rotatable bonds is 3. The van der Waals surface area contributed by atoms with Gasteiger partial charge in [-0.25, -0.2) is 14.0 Å². The van der Waals surface area contributed by atoms with Crippen LogP contribution >= 0.6 is 0 Å². The number of nitrogens with one attached hydrogen (secondary N) is 1. The first-order valence-corrected chi connectivity index (χ1v) is 9.58. The van der Waals surface area contributed by atoms with E-state index in [1.165, 1.54) is 5.32 Å². The fourth-order valence-corrected chi connectivity index (χ4v) is 3.15. The molecule has 3 rings (SSSR count). The Bertz CT molecular complexity index is 1160. The maximum Gasteiger partial charge on any atom is 0.420 e. The predicted octanol–water partition coefficient (Wildman–Crippen LogP) is 5.96. The third-order valence-electron chi connectivity index (χ3n) is 4.97. The zero-order valence-corrected chi connectivity index (χ0v) is 17.6. The van der Waals surface area contributed by atoms with Crippen LogP contribution in [0.1, 0.15) is 11.1 Å². The second kappa shape index (κ2) is 9.05. The fraction of sp³-hybridized carbons (Fsp3) is 0.300. The highest BCUT2D eigenvalue weighted by atomic mass is 19.4.